The smallest absolute Gasteiger partial charge is 0.337 e. The zero-order valence-corrected chi connectivity index (χ0v) is 16.1. The molecule has 138 valence electrons. The van der Waals surface area contributed by atoms with Crippen LogP contribution in [0.1, 0.15) is 10.4 Å². The largest absolute Gasteiger partial charge is 0.468 e. The first-order valence-corrected chi connectivity index (χ1v) is 9.65. The Kier molecular flexibility index (Phi) is 6.52. The Labute approximate surface area is 162 Å². The van der Waals surface area contributed by atoms with Gasteiger partial charge in [0.1, 0.15) is 5.75 Å². The first kappa shape index (κ1) is 19.0. The van der Waals surface area contributed by atoms with Crippen molar-refractivity contribution in [3.8, 4) is 5.75 Å². The second-order valence-electron chi connectivity index (χ2n) is 5.66. The van der Waals surface area contributed by atoms with Crippen LogP contribution < -0.4 is 4.74 Å². The molecule has 3 aromatic carbocycles. The summed E-state index contributed by atoms with van der Waals surface area (Å²) in [4.78, 5) is 15.2. The minimum Gasteiger partial charge on any atom is -0.468 e. The summed E-state index contributed by atoms with van der Waals surface area (Å²) >= 11 is 0. The first-order valence-electron chi connectivity index (χ1n) is 8.42. The SMILES string of the molecule is COCOc1ccc([S+](c2ccccc2)c2ccc(C(=O)OC)cc2)cc1. The van der Waals surface area contributed by atoms with E-state index in [9.17, 15) is 4.79 Å². The van der Waals surface area contributed by atoms with Crippen molar-refractivity contribution in [3.05, 3.63) is 84.4 Å². The number of rotatable bonds is 7. The van der Waals surface area contributed by atoms with Gasteiger partial charge in [-0.15, -0.1) is 0 Å². The van der Waals surface area contributed by atoms with Crippen molar-refractivity contribution >= 4 is 16.9 Å². The molecule has 5 heteroatoms. The van der Waals surface area contributed by atoms with Crippen molar-refractivity contribution < 1.29 is 19.0 Å². The summed E-state index contributed by atoms with van der Waals surface area (Å²) in [5.41, 5.74) is 0.543. The molecule has 0 aliphatic rings. The molecule has 0 spiro atoms. The highest BCUT2D eigenvalue weighted by atomic mass is 32.2. The molecule has 1 unspecified atom stereocenters. The van der Waals surface area contributed by atoms with Gasteiger partial charge in [0.25, 0.3) is 0 Å². The normalized spacial score (nSPS) is 11.6. The molecule has 3 aromatic rings. The third kappa shape index (κ3) is 4.70. The highest BCUT2D eigenvalue weighted by Crippen LogP contribution is 2.32. The predicted octanol–water partition coefficient (Wildman–Crippen LogP) is 4.55. The van der Waals surface area contributed by atoms with E-state index in [1.54, 1.807) is 19.2 Å². The third-order valence-corrected chi connectivity index (χ3v) is 6.12. The summed E-state index contributed by atoms with van der Waals surface area (Å²) < 4.78 is 15.2. The monoisotopic (exact) mass is 381 g/mol. The van der Waals surface area contributed by atoms with E-state index in [4.69, 9.17) is 14.2 Å². The van der Waals surface area contributed by atoms with Crippen molar-refractivity contribution in [2.24, 2.45) is 0 Å². The quantitative estimate of drug-likeness (QED) is 0.342. The summed E-state index contributed by atoms with van der Waals surface area (Å²) in [6, 6.07) is 25.9. The van der Waals surface area contributed by atoms with E-state index in [0.717, 1.165) is 15.5 Å². The topological polar surface area (TPSA) is 44.8 Å². The summed E-state index contributed by atoms with van der Waals surface area (Å²) in [5, 5.41) is 0. The fourth-order valence-corrected chi connectivity index (χ4v) is 4.67. The molecule has 0 aliphatic carbocycles. The van der Waals surface area contributed by atoms with Crippen LogP contribution in [0.5, 0.6) is 5.75 Å². The number of ether oxygens (including phenoxy) is 3. The molecule has 0 bridgehead atoms. The lowest BCUT2D eigenvalue weighted by molar-refractivity contribution is 0.0511. The van der Waals surface area contributed by atoms with Gasteiger partial charge in [0.15, 0.2) is 21.5 Å². The standard InChI is InChI=1S/C22H21O4S/c1-24-16-26-18-10-14-21(15-11-18)27(19-6-4-3-5-7-19)20-12-8-17(9-13-20)22(23)25-2/h3-15H,16H2,1-2H3/q+1. The second-order valence-corrected chi connectivity index (χ2v) is 7.68. The number of hydrogen-bond acceptors (Lipinski definition) is 4. The fourth-order valence-electron chi connectivity index (χ4n) is 2.61. The van der Waals surface area contributed by atoms with Gasteiger partial charge in [0.05, 0.1) is 23.6 Å². The minimum absolute atomic E-state index is 0.221. The van der Waals surface area contributed by atoms with Crippen LogP contribution in [-0.4, -0.2) is 27.0 Å². The van der Waals surface area contributed by atoms with Crippen LogP contribution in [-0.2, 0) is 20.4 Å². The van der Waals surface area contributed by atoms with Crippen molar-refractivity contribution in [1.29, 1.82) is 0 Å². The number of hydrogen-bond donors (Lipinski definition) is 0. The first-order chi connectivity index (χ1) is 13.2. The van der Waals surface area contributed by atoms with E-state index in [2.05, 4.69) is 24.3 Å². The van der Waals surface area contributed by atoms with E-state index in [1.165, 1.54) is 12.0 Å². The average Bonchev–Trinajstić information content (AvgIpc) is 2.74. The summed E-state index contributed by atoms with van der Waals surface area (Å²) in [6.07, 6.45) is 0. The van der Waals surface area contributed by atoms with Crippen LogP contribution in [0.2, 0.25) is 0 Å². The van der Waals surface area contributed by atoms with Gasteiger partial charge in [-0.05, 0) is 60.7 Å². The third-order valence-electron chi connectivity index (χ3n) is 3.89. The van der Waals surface area contributed by atoms with Crippen LogP contribution in [0.4, 0.5) is 0 Å². The maximum absolute atomic E-state index is 11.7. The molecule has 1 atom stereocenters. The molecule has 0 amide bonds. The van der Waals surface area contributed by atoms with Gasteiger partial charge < -0.3 is 14.2 Å². The Bertz CT molecular complexity index is 861. The maximum atomic E-state index is 11.7. The van der Waals surface area contributed by atoms with Gasteiger partial charge in [0, 0.05) is 7.11 Å². The Morgan fingerprint density at radius 3 is 1.89 bits per heavy atom. The van der Waals surface area contributed by atoms with Gasteiger partial charge in [-0.25, -0.2) is 4.79 Å². The van der Waals surface area contributed by atoms with Crippen molar-refractivity contribution in [2.75, 3.05) is 21.0 Å². The lowest BCUT2D eigenvalue weighted by Crippen LogP contribution is -2.06. The van der Waals surface area contributed by atoms with Gasteiger partial charge in [-0.1, -0.05) is 18.2 Å². The molecular formula is C22H21O4S+. The molecular weight excluding hydrogens is 360 g/mol. The van der Waals surface area contributed by atoms with Crippen LogP contribution in [0.15, 0.2) is 93.5 Å². The number of benzene rings is 3. The van der Waals surface area contributed by atoms with Crippen molar-refractivity contribution in [3.63, 3.8) is 0 Å². The maximum Gasteiger partial charge on any atom is 0.337 e. The Hall–Kier alpha value is -2.76. The van der Waals surface area contributed by atoms with E-state index < -0.39 is 0 Å². The van der Waals surface area contributed by atoms with E-state index >= 15 is 0 Å². The number of methoxy groups -OCH3 is 2. The molecule has 0 fully saturated rings. The van der Waals surface area contributed by atoms with Crippen LogP contribution in [0.3, 0.4) is 0 Å². The summed E-state index contributed by atoms with van der Waals surface area (Å²) in [7, 11) is 2.69. The van der Waals surface area contributed by atoms with Crippen LogP contribution in [0.25, 0.3) is 0 Å². The Balaban J connectivity index is 1.96. The van der Waals surface area contributed by atoms with E-state index in [1.807, 2.05) is 42.5 Å². The zero-order valence-electron chi connectivity index (χ0n) is 15.3. The average molecular weight is 381 g/mol. The zero-order chi connectivity index (χ0) is 19.1. The predicted molar refractivity (Wildman–Crippen MR) is 105 cm³/mol. The molecule has 0 aliphatic heterocycles. The Morgan fingerprint density at radius 1 is 0.778 bits per heavy atom. The fraction of sp³-hybridized carbons (Fsp3) is 0.136. The second kappa shape index (κ2) is 9.26. The highest BCUT2D eigenvalue weighted by Gasteiger charge is 2.28. The van der Waals surface area contributed by atoms with Crippen molar-refractivity contribution in [2.45, 2.75) is 14.7 Å². The molecule has 3 rings (SSSR count). The Morgan fingerprint density at radius 2 is 1.33 bits per heavy atom. The van der Waals surface area contributed by atoms with Gasteiger partial charge in [-0.2, -0.15) is 0 Å². The molecule has 4 nitrogen and oxygen atoms in total. The van der Waals surface area contributed by atoms with Gasteiger partial charge in [0.2, 0.25) is 0 Å². The minimum atomic E-state index is -0.333. The van der Waals surface area contributed by atoms with Gasteiger partial charge >= 0.3 is 5.97 Å². The van der Waals surface area contributed by atoms with Gasteiger partial charge in [-0.3, -0.25) is 0 Å². The molecule has 0 N–H and O–H groups in total. The summed E-state index contributed by atoms with van der Waals surface area (Å²) in [5.74, 6) is 0.430. The number of carbonyl (C=O) groups excluding carboxylic acids is 1. The molecule has 0 radical (unpaired) electrons. The number of carbonyl (C=O) groups is 1. The summed E-state index contributed by atoms with van der Waals surface area (Å²) in [6.45, 7) is 0.221. The number of esters is 1. The van der Waals surface area contributed by atoms with Crippen LogP contribution >= 0.6 is 0 Å². The van der Waals surface area contributed by atoms with Crippen LogP contribution in [0, 0.1) is 0 Å². The van der Waals surface area contributed by atoms with Crippen molar-refractivity contribution in [1.82, 2.24) is 0 Å². The lowest BCUT2D eigenvalue weighted by atomic mass is 10.2. The highest BCUT2D eigenvalue weighted by molar-refractivity contribution is 7.97. The lowest BCUT2D eigenvalue weighted by Gasteiger charge is -2.10. The molecule has 0 aromatic heterocycles. The van der Waals surface area contributed by atoms with E-state index in [0.29, 0.717) is 5.56 Å². The molecule has 0 saturated heterocycles. The van der Waals surface area contributed by atoms with E-state index in [-0.39, 0.29) is 23.7 Å². The molecule has 0 saturated carbocycles. The molecule has 0 heterocycles. The molecule has 27 heavy (non-hydrogen) atoms.